The number of carbonyl (C=O) groups is 2. The molecule has 3 nitrogen and oxygen atoms in total. The summed E-state index contributed by atoms with van der Waals surface area (Å²) >= 11 is 0. The Bertz CT molecular complexity index is 471. The summed E-state index contributed by atoms with van der Waals surface area (Å²) in [6, 6.07) is 5.64. The highest BCUT2D eigenvalue weighted by Crippen LogP contribution is 2.22. The normalized spacial score (nSPS) is 15.0. The second-order valence-electron chi connectivity index (χ2n) is 3.81. The highest BCUT2D eigenvalue weighted by atomic mass is 16.2. The van der Waals surface area contributed by atoms with E-state index < -0.39 is 0 Å². The average molecular weight is 215 g/mol. The first-order valence-electron chi connectivity index (χ1n) is 5.29. The summed E-state index contributed by atoms with van der Waals surface area (Å²) in [7, 11) is 0. The Hall–Kier alpha value is -1.90. The predicted octanol–water partition coefficient (Wildman–Crippen LogP) is 1.99. The highest BCUT2D eigenvalue weighted by Gasteiger charge is 2.25. The quantitative estimate of drug-likeness (QED) is 0.707. The number of imide groups is 1. The fourth-order valence-electron chi connectivity index (χ4n) is 1.83. The molecule has 3 heteroatoms. The van der Waals surface area contributed by atoms with Crippen LogP contribution in [0, 0.1) is 6.92 Å². The minimum Gasteiger partial charge on any atom is -0.269 e. The van der Waals surface area contributed by atoms with Gasteiger partial charge in [-0.2, -0.15) is 0 Å². The Morgan fingerprint density at radius 1 is 1.12 bits per heavy atom. The zero-order valence-electron chi connectivity index (χ0n) is 9.36. The molecular weight excluding hydrogens is 202 g/mol. The number of hydrogen-bond donors (Lipinski definition) is 0. The second-order valence-corrected chi connectivity index (χ2v) is 3.81. The average Bonchev–Trinajstić information content (AvgIpc) is 2.60. The van der Waals surface area contributed by atoms with Gasteiger partial charge in [0, 0.05) is 12.2 Å². The van der Waals surface area contributed by atoms with Gasteiger partial charge in [0.15, 0.2) is 0 Å². The lowest BCUT2D eigenvalue weighted by atomic mass is 10.1. The van der Waals surface area contributed by atoms with Crippen LogP contribution in [-0.2, 0) is 16.0 Å². The molecule has 0 saturated carbocycles. The number of anilines is 1. The molecule has 1 heterocycles. The highest BCUT2D eigenvalue weighted by molar-refractivity contribution is 6.28. The van der Waals surface area contributed by atoms with E-state index in [1.165, 1.54) is 22.6 Å². The smallest absolute Gasteiger partial charge is 0.258 e. The molecule has 0 spiro atoms. The lowest BCUT2D eigenvalue weighted by molar-refractivity contribution is -0.119. The zero-order chi connectivity index (χ0) is 11.7. The first-order chi connectivity index (χ1) is 7.63. The van der Waals surface area contributed by atoms with Crippen molar-refractivity contribution in [2.45, 2.75) is 20.3 Å². The molecule has 0 radical (unpaired) electrons. The number of aryl methyl sites for hydroxylation is 2. The SMILES string of the molecule is CCc1cc(N2C(=O)C=CC2=O)ccc1C. The summed E-state index contributed by atoms with van der Waals surface area (Å²) in [5.74, 6) is -0.535. The predicted molar refractivity (Wildman–Crippen MR) is 62.2 cm³/mol. The lowest BCUT2D eigenvalue weighted by Crippen LogP contribution is -2.29. The molecule has 1 aliphatic rings. The molecule has 1 aromatic carbocycles. The Morgan fingerprint density at radius 3 is 2.31 bits per heavy atom. The summed E-state index contributed by atoms with van der Waals surface area (Å²) in [6.07, 6.45) is 3.49. The first kappa shape index (κ1) is 10.6. The number of nitrogens with zero attached hydrogens (tertiary/aromatic N) is 1. The number of carbonyl (C=O) groups excluding carboxylic acids is 2. The number of rotatable bonds is 2. The minimum absolute atomic E-state index is 0.268. The molecule has 0 saturated heterocycles. The Kier molecular flexibility index (Phi) is 2.60. The van der Waals surface area contributed by atoms with Crippen molar-refractivity contribution >= 4 is 17.5 Å². The van der Waals surface area contributed by atoms with E-state index in [2.05, 4.69) is 6.92 Å². The van der Waals surface area contributed by atoms with Gasteiger partial charge in [-0.25, -0.2) is 4.90 Å². The van der Waals surface area contributed by atoms with Crippen LogP contribution in [0.3, 0.4) is 0 Å². The van der Waals surface area contributed by atoms with Gasteiger partial charge in [0.05, 0.1) is 5.69 Å². The number of amides is 2. The van der Waals surface area contributed by atoms with Gasteiger partial charge in [0.25, 0.3) is 11.8 Å². The van der Waals surface area contributed by atoms with E-state index in [4.69, 9.17) is 0 Å². The molecule has 0 fully saturated rings. The Balaban J connectivity index is 2.42. The summed E-state index contributed by atoms with van der Waals surface area (Å²) in [4.78, 5) is 24.2. The molecule has 2 rings (SSSR count). The summed E-state index contributed by atoms with van der Waals surface area (Å²) in [5.41, 5.74) is 2.99. The van der Waals surface area contributed by atoms with Gasteiger partial charge in [-0.05, 0) is 36.6 Å². The third kappa shape index (κ3) is 1.65. The molecule has 2 amide bonds. The van der Waals surface area contributed by atoms with Gasteiger partial charge >= 0.3 is 0 Å². The van der Waals surface area contributed by atoms with Crippen molar-refractivity contribution in [3.8, 4) is 0 Å². The molecule has 1 aliphatic heterocycles. The number of benzene rings is 1. The van der Waals surface area contributed by atoms with E-state index in [1.54, 1.807) is 6.07 Å². The van der Waals surface area contributed by atoms with Crippen LogP contribution < -0.4 is 4.90 Å². The molecule has 16 heavy (non-hydrogen) atoms. The molecule has 0 bridgehead atoms. The molecule has 0 aromatic heterocycles. The fourth-order valence-corrected chi connectivity index (χ4v) is 1.83. The third-order valence-electron chi connectivity index (χ3n) is 2.78. The first-order valence-corrected chi connectivity index (χ1v) is 5.29. The maximum atomic E-state index is 11.5. The molecule has 0 atom stereocenters. The summed E-state index contributed by atoms with van der Waals surface area (Å²) in [6.45, 7) is 4.08. The van der Waals surface area contributed by atoms with Crippen molar-refractivity contribution < 1.29 is 9.59 Å². The molecule has 0 N–H and O–H groups in total. The van der Waals surface area contributed by atoms with Crippen molar-refractivity contribution in [3.05, 3.63) is 41.5 Å². The monoisotopic (exact) mass is 215 g/mol. The topological polar surface area (TPSA) is 37.4 Å². The van der Waals surface area contributed by atoms with Crippen molar-refractivity contribution in [1.29, 1.82) is 0 Å². The van der Waals surface area contributed by atoms with Crippen molar-refractivity contribution in [2.75, 3.05) is 4.90 Å². The van der Waals surface area contributed by atoms with E-state index in [9.17, 15) is 9.59 Å². The van der Waals surface area contributed by atoms with Crippen molar-refractivity contribution in [1.82, 2.24) is 0 Å². The maximum Gasteiger partial charge on any atom is 0.258 e. The largest absolute Gasteiger partial charge is 0.269 e. The van der Waals surface area contributed by atoms with Gasteiger partial charge in [-0.3, -0.25) is 9.59 Å². The van der Waals surface area contributed by atoms with Gasteiger partial charge in [-0.1, -0.05) is 13.0 Å². The van der Waals surface area contributed by atoms with E-state index in [0.29, 0.717) is 5.69 Å². The van der Waals surface area contributed by atoms with Crippen LogP contribution >= 0.6 is 0 Å². The molecule has 1 aromatic rings. The van der Waals surface area contributed by atoms with Gasteiger partial charge in [-0.15, -0.1) is 0 Å². The minimum atomic E-state index is -0.268. The molecular formula is C13H13NO2. The van der Waals surface area contributed by atoms with Crippen molar-refractivity contribution in [2.24, 2.45) is 0 Å². The van der Waals surface area contributed by atoms with Crippen LogP contribution in [0.15, 0.2) is 30.4 Å². The van der Waals surface area contributed by atoms with Crippen LogP contribution in [-0.4, -0.2) is 11.8 Å². The maximum absolute atomic E-state index is 11.5. The van der Waals surface area contributed by atoms with Gasteiger partial charge in [0.2, 0.25) is 0 Å². The van der Waals surface area contributed by atoms with E-state index in [0.717, 1.165) is 12.0 Å². The summed E-state index contributed by atoms with van der Waals surface area (Å²) in [5, 5.41) is 0. The van der Waals surface area contributed by atoms with Gasteiger partial charge < -0.3 is 0 Å². The number of hydrogen-bond acceptors (Lipinski definition) is 2. The molecule has 0 aliphatic carbocycles. The molecule has 82 valence electrons. The fraction of sp³-hybridized carbons (Fsp3) is 0.231. The van der Waals surface area contributed by atoms with Gasteiger partial charge in [0.1, 0.15) is 0 Å². The summed E-state index contributed by atoms with van der Waals surface area (Å²) < 4.78 is 0. The lowest BCUT2D eigenvalue weighted by Gasteiger charge is -2.15. The van der Waals surface area contributed by atoms with E-state index in [1.807, 2.05) is 19.1 Å². The van der Waals surface area contributed by atoms with Crippen LogP contribution in [0.25, 0.3) is 0 Å². The molecule has 0 unspecified atom stereocenters. The van der Waals surface area contributed by atoms with E-state index >= 15 is 0 Å². The standard InChI is InChI=1S/C13H13NO2/c1-3-10-8-11(5-4-9(10)2)14-12(15)6-7-13(14)16/h4-8H,3H2,1-2H3. The second kappa shape index (κ2) is 3.93. The third-order valence-corrected chi connectivity index (χ3v) is 2.78. The van der Waals surface area contributed by atoms with Crippen molar-refractivity contribution in [3.63, 3.8) is 0 Å². The Morgan fingerprint density at radius 2 is 1.75 bits per heavy atom. The van der Waals surface area contributed by atoms with E-state index in [-0.39, 0.29) is 11.8 Å². The Labute approximate surface area is 94.4 Å². The van der Waals surface area contributed by atoms with Crippen LogP contribution in [0.4, 0.5) is 5.69 Å². The van der Waals surface area contributed by atoms with Crippen LogP contribution in [0.2, 0.25) is 0 Å². The van der Waals surface area contributed by atoms with Crippen LogP contribution in [0.1, 0.15) is 18.1 Å². The van der Waals surface area contributed by atoms with Crippen LogP contribution in [0.5, 0.6) is 0 Å². The zero-order valence-corrected chi connectivity index (χ0v) is 9.36.